The summed E-state index contributed by atoms with van der Waals surface area (Å²) >= 11 is 2.97. The lowest BCUT2D eigenvalue weighted by Gasteiger charge is -2.18. The number of methoxy groups -OCH3 is 2. The van der Waals surface area contributed by atoms with Gasteiger partial charge in [0, 0.05) is 40.5 Å². The first-order chi connectivity index (χ1) is 17.4. The molecule has 2 heterocycles. The van der Waals surface area contributed by atoms with E-state index in [1.165, 1.54) is 23.5 Å². The quantitative estimate of drug-likeness (QED) is 0.306. The third-order valence-electron chi connectivity index (χ3n) is 5.59. The van der Waals surface area contributed by atoms with Gasteiger partial charge in [0.1, 0.15) is 22.2 Å². The van der Waals surface area contributed by atoms with Gasteiger partial charge in [0.2, 0.25) is 0 Å². The molecule has 0 saturated heterocycles. The maximum absolute atomic E-state index is 13.5. The van der Waals surface area contributed by atoms with E-state index in [-0.39, 0.29) is 11.2 Å². The van der Waals surface area contributed by atoms with Crippen LogP contribution in [0.1, 0.15) is 25.5 Å². The van der Waals surface area contributed by atoms with E-state index in [0.29, 0.717) is 39.9 Å². The number of urea groups is 1. The molecule has 0 saturated carbocycles. The standard InChI is InChI=1S/C26H32N4O4S2/c1-7-8-12-30-13-11-19(18-10-9-17(33-3)15-20(18)34-4)22(25(30)31)28-26(32)29-23-21(35-5)14-16(2)27-24(23)36-6/h9-11,13-15H,7-8,12H2,1-6H3,(H2,28,29,32). The van der Waals surface area contributed by atoms with E-state index < -0.39 is 6.03 Å². The minimum atomic E-state index is -0.523. The summed E-state index contributed by atoms with van der Waals surface area (Å²) in [7, 11) is 3.13. The van der Waals surface area contributed by atoms with Crippen molar-refractivity contribution in [3.63, 3.8) is 0 Å². The van der Waals surface area contributed by atoms with Gasteiger partial charge in [0.05, 0.1) is 19.9 Å². The molecule has 0 atom stereocenters. The number of benzene rings is 1. The number of thioether (sulfide) groups is 2. The van der Waals surface area contributed by atoms with E-state index in [9.17, 15) is 9.59 Å². The number of nitrogens with zero attached hydrogens (tertiary/aromatic N) is 2. The Labute approximate surface area is 220 Å². The molecule has 0 bridgehead atoms. The number of amides is 2. The number of hydrogen-bond acceptors (Lipinski definition) is 7. The molecular formula is C26H32N4O4S2. The summed E-state index contributed by atoms with van der Waals surface area (Å²) in [6.07, 6.45) is 7.40. The van der Waals surface area contributed by atoms with Crippen molar-refractivity contribution in [2.75, 3.05) is 37.4 Å². The Morgan fingerprint density at radius 1 is 1.03 bits per heavy atom. The summed E-state index contributed by atoms with van der Waals surface area (Å²) in [5, 5.41) is 6.45. The van der Waals surface area contributed by atoms with Crippen LogP contribution in [0.3, 0.4) is 0 Å². The van der Waals surface area contributed by atoms with Crippen LogP contribution in [0.25, 0.3) is 11.1 Å². The Kier molecular flexibility index (Phi) is 9.72. The monoisotopic (exact) mass is 528 g/mol. The lowest BCUT2D eigenvalue weighted by atomic mass is 10.0. The van der Waals surface area contributed by atoms with Crippen LogP contribution < -0.4 is 25.7 Å². The molecule has 0 aliphatic carbocycles. The molecular weight excluding hydrogens is 496 g/mol. The molecule has 8 nitrogen and oxygen atoms in total. The van der Waals surface area contributed by atoms with Crippen LogP contribution in [0.5, 0.6) is 11.5 Å². The zero-order valence-corrected chi connectivity index (χ0v) is 23.1. The number of aryl methyl sites for hydroxylation is 2. The van der Waals surface area contributed by atoms with Gasteiger partial charge in [-0.1, -0.05) is 13.3 Å². The van der Waals surface area contributed by atoms with Gasteiger partial charge in [-0.15, -0.1) is 23.5 Å². The predicted molar refractivity (Wildman–Crippen MR) is 149 cm³/mol. The second-order valence-corrected chi connectivity index (χ2v) is 9.60. The third-order valence-corrected chi connectivity index (χ3v) is 7.03. The Hall–Kier alpha value is -3.11. The van der Waals surface area contributed by atoms with Crippen LogP contribution in [0, 0.1) is 6.92 Å². The average Bonchev–Trinajstić information content (AvgIpc) is 2.89. The number of anilines is 2. The Balaban J connectivity index is 2.07. The Morgan fingerprint density at radius 2 is 1.78 bits per heavy atom. The number of carbonyl (C=O) groups excluding carboxylic acids is 1. The van der Waals surface area contributed by atoms with Crippen LogP contribution in [0.4, 0.5) is 16.2 Å². The molecule has 0 aliphatic rings. The van der Waals surface area contributed by atoms with E-state index in [4.69, 9.17) is 9.47 Å². The molecule has 0 aliphatic heterocycles. The summed E-state index contributed by atoms with van der Waals surface area (Å²) in [4.78, 5) is 32.2. The largest absolute Gasteiger partial charge is 0.497 e. The second-order valence-electron chi connectivity index (χ2n) is 7.95. The number of aromatic nitrogens is 2. The number of carbonyl (C=O) groups is 1. The maximum atomic E-state index is 13.5. The van der Waals surface area contributed by atoms with Crippen LogP contribution in [0.2, 0.25) is 0 Å². The second kappa shape index (κ2) is 12.7. The summed E-state index contributed by atoms with van der Waals surface area (Å²) in [6.45, 7) is 4.54. The predicted octanol–water partition coefficient (Wildman–Crippen LogP) is 6.12. The summed E-state index contributed by atoms with van der Waals surface area (Å²) < 4.78 is 12.5. The highest BCUT2D eigenvalue weighted by Gasteiger charge is 2.20. The van der Waals surface area contributed by atoms with Crippen molar-refractivity contribution in [2.45, 2.75) is 43.2 Å². The average molecular weight is 529 g/mol. The maximum Gasteiger partial charge on any atom is 0.323 e. The van der Waals surface area contributed by atoms with Gasteiger partial charge in [-0.3, -0.25) is 4.79 Å². The molecule has 3 rings (SSSR count). The van der Waals surface area contributed by atoms with Gasteiger partial charge >= 0.3 is 6.03 Å². The summed E-state index contributed by atoms with van der Waals surface area (Å²) in [6, 6.07) is 8.57. The minimum absolute atomic E-state index is 0.172. The first-order valence-electron chi connectivity index (χ1n) is 11.5. The first-order valence-corrected chi connectivity index (χ1v) is 13.9. The number of ether oxygens (including phenoxy) is 2. The normalized spacial score (nSPS) is 10.7. The van der Waals surface area contributed by atoms with Crippen LogP contribution in [-0.2, 0) is 6.54 Å². The SMILES string of the molecule is CCCCn1ccc(-c2ccc(OC)cc2OC)c(NC(=O)Nc2c(SC)cc(C)nc2SC)c1=O. The summed E-state index contributed by atoms with van der Waals surface area (Å²) in [5.74, 6) is 1.15. The van der Waals surface area contributed by atoms with Crippen molar-refractivity contribution in [3.05, 3.63) is 52.6 Å². The zero-order chi connectivity index (χ0) is 26.2. The van der Waals surface area contributed by atoms with E-state index in [2.05, 4.69) is 22.5 Å². The van der Waals surface area contributed by atoms with Crippen molar-refractivity contribution in [3.8, 4) is 22.6 Å². The van der Waals surface area contributed by atoms with Crippen molar-refractivity contribution < 1.29 is 14.3 Å². The third kappa shape index (κ3) is 6.17. The molecule has 3 aromatic rings. The van der Waals surface area contributed by atoms with E-state index >= 15 is 0 Å². The lowest BCUT2D eigenvalue weighted by Crippen LogP contribution is -2.29. The summed E-state index contributed by atoms with van der Waals surface area (Å²) in [5.41, 5.74) is 2.59. The number of rotatable bonds is 10. The van der Waals surface area contributed by atoms with Gasteiger partial charge in [0.25, 0.3) is 5.56 Å². The smallest absolute Gasteiger partial charge is 0.323 e. The van der Waals surface area contributed by atoms with Gasteiger partial charge in [-0.25, -0.2) is 9.78 Å². The first kappa shape index (κ1) is 27.5. The highest BCUT2D eigenvalue weighted by atomic mass is 32.2. The zero-order valence-electron chi connectivity index (χ0n) is 21.4. The fourth-order valence-electron chi connectivity index (χ4n) is 3.74. The topological polar surface area (TPSA) is 94.5 Å². The van der Waals surface area contributed by atoms with Gasteiger partial charge in [-0.05, 0) is 50.1 Å². The Morgan fingerprint density at radius 3 is 2.42 bits per heavy atom. The molecule has 2 amide bonds. The van der Waals surface area contributed by atoms with Crippen molar-refractivity contribution in [1.29, 1.82) is 0 Å². The van der Waals surface area contributed by atoms with Crippen molar-refractivity contribution in [1.82, 2.24) is 9.55 Å². The number of pyridine rings is 2. The highest BCUT2D eigenvalue weighted by Crippen LogP contribution is 2.37. The van der Waals surface area contributed by atoms with Gasteiger partial charge in [0.15, 0.2) is 0 Å². The Bertz CT molecular complexity index is 1270. The fourth-order valence-corrected chi connectivity index (χ4v) is 5.05. The molecule has 2 N–H and O–H groups in total. The minimum Gasteiger partial charge on any atom is -0.497 e. The molecule has 2 aromatic heterocycles. The molecule has 192 valence electrons. The number of nitrogens with one attached hydrogen (secondary N) is 2. The van der Waals surface area contributed by atoms with Gasteiger partial charge in [-0.2, -0.15) is 0 Å². The van der Waals surface area contributed by atoms with Crippen molar-refractivity contribution in [2.24, 2.45) is 0 Å². The van der Waals surface area contributed by atoms with Crippen LogP contribution >= 0.6 is 23.5 Å². The lowest BCUT2D eigenvalue weighted by molar-refractivity contribution is 0.262. The van der Waals surface area contributed by atoms with Crippen molar-refractivity contribution >= 4 is 40.9 Å². The molecule has 0 fully saturated rings. The van der Waals surface area contributed by atoms with Crippen LogP contribution in [-0.4, -0.2) is 42.3 Å². The van der Waals surface area contributed by atoms with E-state index in [1.54, 1.807) is 37.1 Å². The molecule has 0 radical (unpaired) electrons. The molecule has 36 heavy (non-hydrogen) atoms. The molecule has 0 unspecified atom stereocenters. The number of hydrogen-bond donors (Lipinski definition) is 2. The fraction of sp³-hybridized carbons (Fsp3) is 0.346. The highest BCUT2D eigenvalue weighted by molar-refractivity contribution is 7.99. The van der Waals surface area contributed by atoms with E-state index in [0.717, 1.165) is 23.4 Å². The molecule has 10 heteroatoms. The van der Waals surface area contributed by atoms with E-state index in [1.807, 2.05) is 37.6 Å². The van der Waals surface area contributed by atoms with Gasteiger partial charge < -0.3 is 24.7 Å². The van der Waals surface area contributed by atoms with Crippen LogP contribution in [0.15, 0.2) is 51.2 Å². The number of unbranched alkanes of at least 4 members (excludes halogenated alkanes) is 1. The molecule has 0 spiro atoms. The molecule has 1 aromatic carbocycles.